The molecule has 0 aliphatic carbocycles. The van der Waals surface area contributed by atoms with Gasteiger partial charge in [0.2, 0.25) is 0 Å². The molecule has 0 radical (unpaired) electrons. The van der Waals surface area contributed by atoms with Crippen LogP contribution in [0.1, 0.15) is 22.0 Å². The van der Waals surface area contributed by atoms with E-state index in [-0.39, 0.29) is 0 Å². The number of aliphatic carboxylic acids is 1. The molecule has 0 amide bonds. The number of carboxylic acids is 1. The van der Waals surface area contributed by atoms with Crippen LogP contribution in [-0.4, -0.2) is 5.97 Å². The number of hydrogen-bond donors (Lipinski definition) is 1. The van der Waals surface area contributed by atoms with E-state index in [4.69, 9.17) is 0 Å². The molecule has 1 atom stereocenters. The summed E-state index contributed by atoms with van der Waals surface area (Å²) in [5.41, 5.74) is 3.10. The van der Waals surface area contributed by atoms with E-state index < -0.39 is 12.0 Å². The van der Waals surface area contributed by atoms with Crippen LogP contribution in [0, 0.1) is 13.8 Å². The third-order valence-electron chi connectivity index (χ3n) is 2.88. The molecule has 2 rings (SSSR count). The fraction of sp³-hybridized carbons (Fsp3) is 0.214. The summed E-state index contributed by atoms with van der Waals surface area (Å²) in [5, 5.41) is 16.0. The molecule has 1 N–H and O–H groups in total. The van der Waals surface area contributed by atoms with E-state index in [1.165, 1.54) is 16.9 Å². The maximum atomic E-state index is 11.2. The first-order chi connectivity index (χ1) is 8.58. The van der Waals surface area contributed by atoms with Gasteiger partial charge >= 0.3 is 0 Å². The zero-order valence-corrected chi connectivity index (χ0v) is 11.1. The molecule has 0 fully saturated rings. The van der Waals surface area contributed by atoms with Gasteiger partial charge in [0.1, 0.15) is 6.04 Å². The van der Waals surface area contributed by atoms with Crippen LogP contribution in [0.5, 0.6) is 0 Å². The largest absolute Gasteiger partial charge is 0.547 e. The number of carbonyl (C=O) groups excluding carboxylic acids is 1. The highest BCUT2D eigenvalue weighted by molar-refractivity contribution is 7.10. The topological polar surface area (TPSA) is 52.2 Å². The second-order valence-corrected chi connectivity index (χ2v) is 5.19. The molecule has 0 saturated carbocycles. The quantitative estimate of drug-likeness (QED) is 0.917. The Bertz CT molecular complexity index is 549. The molecule has 1 heterocycles. The van der Waals surface area contributed by atoms with Gasteiger partial charge in [-0.1, -0.05) is 12.1 Å². The van der Waals surface area contributed by atoms with E-state index in [0.717, 1.165) is 16.1 Å². The molecular weight excluding hydrogens is 246 g/mol. The van der Waals surface area contributed by atoms with Crippen molar-refractivity contribution >= 4 is 23.0 Å². The van der Waals surface area contributed by atoms with E-state index in [1.807, 2.05) is 43.5 Å². The Morgan fingerprint density at radius 3 is 2.61 bits per heavy atom. The molecule has 4 heteroatoms. The molecule has 0 bridgehead atoms. The number of carboxylic acid groups (broad SMARTS) is 1. The van der Waals surface area contributed by atoms with Crippen molar-refractivity contribution in [1.82, 2.24) is 0 Å². The van der Waals surface area contributed by atoms with Gasteiger partial charge in [0.05, 0.1) is 5.97 Å². The average Bonchev–Trinajstić information content (AvgIpc) is 2.83. The molecule has 0 saturated heterocycles. The molecule has 0 aliphatic heterocycles. The van der Waals surface area contributed by atoms with Crippen LogP contribution in [0.15, 0.2) is 35.7 Å². The first kappa shape index (κ1) is 12.6. The van der Waals surface area contributed by atoms with Crippen molar-refractivity contribution in [1.29, 1.82) is 0 Å². The van der Waals surface area contributed by atoms with E-state index in [9.17, 15) is 9.90 Å². The summed E-state index contributed by atoms with van der Waals surface area (Å²) in [6.07, 6.45) is 0. The second kappa shape index (κ2) is 5.23. The lowest BCUT2D eigenvalue weighted by Crippen LogP contribution is -2.33. The zero-order valence-electron chi connectivity index (χ0n) is 10.3. The molecule has 0 unspecified atom stereocenters. The van der Waals surface area contributed by atoms with Crippen molar-refractivity contribution in [3.8, 4) is 0 Å². The summed E-state index contributed by atoms with van der Waals surface area (Å²) in [6, 6.07) is 8.62. The smallest absolute Gasteiger partial charge is 0.101 e. The zero-order chi connectivity index (χ0) is 13.1. The van der Waals surface area contributed by atoms with Gasteiger partial charge in [0.25, 0.3) is 0 Å². The van der Waals surface area contributed by atoms with E-state index in [0.29, 0.717) is 0 Å². The highest BCUT2D eigenvalue weighted by Gasteiger charge is 2.13. The third-order valence-corrected chi connectivity index (χ3v) is 3.82. The Morgan fingerprint density at radius 1 is 1.28 bits per heavy atom. The van der Waals surface area contributed by atoms with E-state index >= 15 is 0 Å². The molecule has 0 spiro atoms. The summed E-state index contributed by atoms with van der Waals surface area (Å²) in [4.78, 5) is 11.9. The maximum absolute atomic E-state index is 11.2. The predicted molar refractivity (Wildman–Crippen MR) is 71.6 cm³/mol. The van der Waals surface area contributed by atoms with Gasteiger partial charge in [0.15, 0.2) is 0 Å². The van der Waals surface area contributed by atoms with Gasteiger partial charge in [-0.05, 0) is 48.6 Å². The molecule has 1 aromatic heterocycles. The second-order valence-electron chi connectivity index (χ2n) is 4.21. The number of thiophene rings is 1. The third kappa shape index (κ3) is 2.71. The number of anilines is 1. The molecule has 94 valence electrons. The van der Waals surface area contributed by atoms with Crippen LogP contribution in [0.3, 0.4) is 0 Å². The van der Waals surface area contributed by atoms with Crippen molar-refractivity contribution in [2.75, 3.05) is 5.32 Å². The van der Waals surface area contributed by atoms with Crippen LogP contribution >= 0.6 is 11.3 Å². The first-order valence-corrected chi connectivity index (χ1v) is 6.54. The standard InChI is InChI=1S/C14H15NO2S/c1-9-5-6-11(8-10(9)2)15-13(14(16)17)12-4-3-7-18-12/h3-8,13,15H,1-2H3,(H,16,17)/p-1/t13-/m0/s1. The maximum Gasteiger partial charge on any atom is 0.101 e. The number of benzene rings is 1. The Morgan fingerprint density at radius 2 is 2.06 bits per heavy atom. The van der Waals surface area contributed by atoms with E-state index in [1.54, 1.807) is 6.07 Å². The molecule has 2 aromatic rings. The molecule has 3 nitrogen and oxygen atoms in total. The van der Waals surface area contributed by atoms with Crippen LogP contribution in [0.25, 0.3) is 0 Å². The lowest BCUT2D eigenvalue weighted by molar-refractivity contribution is -0.307. The Labute approximate surface area is 110 Å². The number of rotatable bonds is 4. The number of hydrogen-bond acceptors (Lipinski definition) is 4. The average molecular weight is 260 g/mol. The van der Waals surface area contributed by atoms with Crippen molar-refractivity contribution in [2.45, 2.75) is 19.9 Å². The Balaban J connectivity index is 2.24. The lowest BCUT2D eigenvalue weighted by atomic mass is 10.1. The van der Waals surface area contributed by atoms with Gasteiger partial charge in [0, 0.05) is 10.6 Å². The van der Waals surface area contributed by atoms with Gasteiger partial charge in [-0.15, -0.1) is 11.3 Å². The summed E-state index contributed by atoms with van der Waals surface area (Å²) < 4.78 is 0. The molecular formula is C14H14NO2S-. The first-order valence-electron chi connectivity index (χ1n) is 5.66. The highest BCUT2D eigenvalue weighted by Crippen LogP contribution is 2.24. The van der Waals surface area contributed by atoms with Gasteiger partial charge < -0.3 is 15.2 Å². The fourth-order valence-corrected chi connectivity index (χ4v) is 2.46. The van der Waals surface area contributed by atoms with Gasteiger partial charge in [-0.25, -0.2) is 0 Å². The van der Waals surface area contributed by atoms with Crippen LogP contribution in [0.4, 0.5) is 5.69 Å². The molecule has 1 aromatic carbocycles. The van der Waals surface area contributed by atoms with Crippen LogP contribution in [-0.2, 0) is 4.79 Å². The minimum Gasteiger partial charge on any atom is -0.547 e. The molecule has 18 heavy (non-hydrogen) atoms. The Hall–Kier alpha value is -1.81. The Kier molecular flexibility index (Phi) is 3.67. The SMILES string of the molecule is Cc1ccc(N[C@H](C(=O)[O-])c2cccs2)cc1C. The van der Waals surface area contributed by atoms with Crippen LogP contribution < -0.4 is 10.4 Å². The lowest BCUT2D eigenvalue weighted by Gasteiger charge is -2.20. The van der Waals surface area contributed by atoms with Crippen molar-refractivity contribution in [3.05, 3.63) is 51.7 Å². The summed E-state index contributed by atoms with van der Waals surface area (Å²) in [6.45, 7) is 4.02. The summed E-state index contributed by atoms with van der Waals surface area (Å²) in [5.74, 6) is -1.12. The highest BCUT2D eigenvalue weighted by atomic mass is 32.1. The van der Waals surface area contributed by atoms with Gasteiger partial charge in [-0.3, -0.25) is 0 Å². The number of carbonyl (C=O) groups is 1. The summed E-state index contributed by atoms with van der Waals surface area (Å²) >= 11 is 1.40. The molecule has 0 aliphatic rings. The fourth-order valence-electron chi connectivity index (χ4n) is 1.70. The number of aryl methyl sites for hydroxylation is 2. The minimum atomic E-state index is -1.12. The van der Waals surface area contributed by atoms with Gasteiger partial charge in [-0.2, -0.15) is 0 Å². The minimum absolute atomic E-state index is 0.744. The van der Waals surface area contributed by atoms with E-state index in [2.05, 4.69) is 5.32 Å². The van der Waals surface area contributed by atoms with Crippen molar-refractivity contribution in [3.63, 3.8) is 0 Å². The monoisotopic (exact) mass is 260 g/mol. The summed E-state index contributed by atoms with van der Waals surface area (Å²) in [7, 11) is 0. The van der Waals surface area contributed by atoms with Crippen LogP contribution in [0.2, 0.25) is 0 Å². The predicted octanol–water partition coefficient (Wildman–Crippen LogP) is 2.27. The number of nitrogens with one attached hydrogen (secondary N) is 1. The normalized spacial score (nSPS) is 12.1. The van der Waals surface area contributed by atoms with Crippen molar-refractivity contribution < 1.29 is 9.90 Å². The van der Waals surface area contributed by atoms with Crippen molar-refractivity contribution in [2.24, 2.45) is 0 Å².